The lowest BCUT2D eigenvalue weighted by Gasteiger charge is -2.12. The van der Waals surface area contributed by atoms with E-state index in [0.29, 0.717) is 22.9 Å². The van der Waals surface area contributed by atoms with Crippen LogP contribution in [0, 0.1) is 27.7 Å². The normalized spacial score (nSPS) is 11.3. The minimum Gasteiger partial charge on any atom is -0.445 e. The highest BCUT2D eigenvalue weighted by Gasteiger charge is 2.17. The molecule has 0 unspecified atom stereocenters. The zero-order valence-corrected chi connectivity index (χ0v) is 18.9. The predicted molar refractivity (Wildman–Crippen MR) is 124 cm³/mol. The van der Waals surface area contributed by atoms with Crippen molar-refractivity contribution in [1.29, 1.82) is 0 Å². The van der Waals surface area contributed by atoms with E-state index in [1.165, 1.54) is 0 Å². The summed E-state index contributed by atoms with van der Waals surface area (Å²) in [6.45, 7) is 7.43. The van der Waals surface area contributed by atoms with Gasteiger partial charge in [0.25, 0.3) is 17.4 Å². The van der Waals surface area contributed by atoms with E-state index in [1.54, 1.807) is 31.7 Å². The van der Waals surface area contributed by atoms with E-state index in [9.17, 15) is 4.79 Å². The zero-order chi connectivity index (χ0) is 23.3. The molecule has 4 aromatic heterocycles. The van der Waals surface area contributed by atoms with Gasteiger partial charge >= 0.3 is 0 Å². The maximum Gasteiger partial charge on any atom is 0.281 e. The van der Waals surface area contributed by atoms with Gasteiger partial charge < -0.3 is 18.8 Å². The van der Waals surface area contributed by atoms with Crippen LogP contribution in [0.2, 0.25) is 0 Å². The SMILES string of the molecule is Cc1cc2c(cn1)cc(-c1cc(Nc3noc(-c4nc(C)oc4C)n3)ccc1C)c(=O)n2C. The molecule has 9 heteroatoms. The average molecular weight is 442 g/mol. The maximum absolute atomic E-state index is 13.2. The van der Waals surface area contributed by atoms with Crippen molar-refractivity contribution in [3.05, 3.63) is 69.8 Å². The van der Waals surface area contributed by atoms with Crippen molar-refractivity contribution in [3.63, 3.8) is 0 Å². The summed E-state index contributed by atoms with van der Waals surface area (Å²) in [4.78, 5) is 26.2. The molecule has 5 rings (SSSR count). The first-order valence-electron chi connectivity index (χ1n) is 10.4. The fraction of sp³-hybridized carbons (Fsp3) is 0.208. The van der Waals surface area contributed by atoms with Crippen LogP contribution >= 0.6 is 0 Å². The standard InChI is InChI=1S/C24H22N6O3/c1-12-6-7-17(27-24-28-22(33-29-24)21-14(3)32-15(4)26-21)10-18(12)19-9-16-11-25-13(2)8-20(16)30(5)23(19)31/h6-11H,1-5H3,(H,27,29). The van der Waals surface area contributed by atoms with Crippen molar-refractivity contribution < 1.29 is 8.94 Å². The lowest BCUT2D eigenvalue weighted by Crippen LogP contribution is -2.19. The van der Waals surface area contributed by atoms with E-state index < -0.39 is 0 Å². The number of aryl methyl sites for hydroxylation is 5. The summed E-state index contributed by atoms with van der Waals surface area (Å²) in [5, 5.41) is 8.03. The first-order valence-corrected chi connectivity index (χ1v) is 10.4. The number of rotatable bonds is 4. The van der Waals surface area contributed by atoms with Crippen molar-refractivity contribution in [2.45, 2.75) is 27.7 Å². The van der Waals surface area contributed by atoms with Gasteiger partial charge in [0, 0.05) is 42.5 Å². The molecule has 33 heavy (non-hydrogen) atoms. The topological polar surface area (TPSA) is 112 Å². The monoisotopic (exact) mass is 442 g/mol. The number of pyridine rings is 2. The molecule has 1 aromatic carbocycles. The number of aromatic nitrogens is 5. The Balaban J connectivity index is 1.52. The molecule has 0 saturated carbocycles. The molecular formula is C24H22N6O3. The Hall–Kier alpha value is -4.27. The zero-order valence-electron chi connectivity index (χ0n) is 18.9. The van der Waals surface area contributed by atoms with Gasteiger partial charge in [-0.1, -0.05) is 6.07 Å². The molecule has 0 amide bonds. The van der Waals surface area contributed by atoms with Gasteiger partial charge in [0.1, 0.15) is 5.76 Å². The van der Waals surface area contributed by atoms with Crippen LogP contribution in [0.1, 0.15) is 22.9 Å². The molecule has 9 nitrogen and oxygen atoms in total. The van der Waals surface area contributed by atoms with E-state index >= 15 is 0 Å². The average Bonchev–Trinajstić information content (AvgIpc) is 3.38. The van der Waals surface area contributed by atoms with Crippen molar-refractivity contribution in [1.82, 2.24) is 24.7 Å². The summed E-state index contributed by atoms with van der Waals surface area (Å²) < 4.78 is 12.4. The van der Waals surface area contributed by atoms with Crippen LogP contribution in [-0.2, 0) is 7.05 Å². The van der Waals surface area contributed by atoms with Crippen molar-refractivity contribution in [2.24, 2.45) is 7.05 Å². The van der Waals surface area contributed by atoms with Crippen molar-refractivity contribution in [2.75, 3.05) is 5.32 Å². The van der Waals surface area contributed by atoms with Crippen molar-refractivity contribution >= 4 is 22.5 Å². The van der Waals surface area contributed by atoms with Gasteiger partial charge in [0.05, 0.1) is 5.52 Å². The lowest BCUT2D eigenvalue weighted by molar-refractivity contribution is 0.430. The van der Waals surface area contributed by atoms with Gasteiger partial charge in [0.2, 0.25) is 0 Å². The van der Waals surface area contributed by atoms with Gasteiger partial charge in [-0.2, -0.15) is 4.98 Å². The summed E-state index contributed by atoms with van der Waals surface area (Å²) in [6.07, 6.45) is 1.79. The summed E-state index contributed by atoms with van der Waals surface area (Å²) in [5.74, 6) is 1.69. The molecule has 0 fully saturated rings. The highest BCUT2D eigenvalue weighted by Crippen LogP contribution is 2.29. The van der Waals surface area contributed by atoms with Crippen LogP contribution in [0.25, 0.3) is 33.6 Å². The van der Waals surface area contributed by atoms with Gasteiger partial charge in [-0.3, -0.25) is 9.78 Å². The largest absolute Gasteiger partial charge is 0.445 e. The third-order valence-electron chi connectivity index (χ3n) is 5.56. The van der Waals surface area contributed by atoms with Crippen LogP contribution in [0.5, 0.6) is 0 Å². The van der Waals surface area contributed by atoms with E-state index in [4.69, 9.17) is 8.94 Å². The van der Waals surface area contributed by atoms with Gasteiger partial charge in [0.15, 0.2) is 11.6 Å². The van der Waals surface area contributed by atoms with Crippen molar-refractivity contribution in [3.8, 4) is 22.7 Å². The van der Waals surface area contributed by atoms with E-state index in [1.807, 2.05) is 44.2 Å². The molecule has 0 atom stereocenters. The lowest BCUT2D eigenvalue weighted by atomic mass is 9.99. The third kappa shape index (κ3) is 3.67. The summed E-state index contributed by atoms with van der Waals surface area (Å²) in [5.41, 5.74) is 5.26. The smallest absolute Gasteiger partial charge is 0.281 e. The number of anilines is 2. The molecule has 0 bridgehead atoms. The molecule has 0 aliphatic carbocycles. The minimum absolute atomic E-state index is 0.0768. The maximum atomic E-state index is 13.2. The molecule has 0 saturated heterocycles. The highest BCUT2D eigenvalue weighted by molar-refractivity contribution is 5.85. The molecule has 0 aliphatic heterocycles. The summed E-state index contributed by atoms with van der Waals surface area (Å²) in [6, 6.07) is 9.55. The molecule has 1 N–H and O–H groups in total. The van der Waals surface area contributed by atoms with Gasteiger partial charge in [-0.25, -0.2) is 4.98 Å². The molecule has 5 aromatic rings. The Morgan fingerprint density at radius 3 is 2.58 bits per heavy atom. The van der Waals surface area contributed by atoms with E-state index in [2.05, 4.69) is 25.4 Å². The quantitative estimate of drug-likeness (QED) is 0.429. The third-order valence-corrected chi connectivity index (χ3v) is 5.56. The fourth-order valence-electron chi connectivity index (χ4n) is 3.87. The Bertz CT molecular complexity index is 1580. The summed E-state index contributed by atoms with van der Waals surface area (Å²) >= 11 is 0. The number of oxazole rings is 1. The van der Waals surface area contributed by atoms with Crippen LogP contribution < -0.4 is 10.9 Å². The van der Waals surface area contributed by atoms with E-state index in [-0.39, 0.29) is 17.4 Å². The Kier molecular flexibility index (Phi) is 4.81. The number of nitrogens with zero attached hydrogens (tertiary/aromatic N) is 5. The Morgan fingerprint density at radius 2 is 1.82 bits per heavy atom. The van der Waals surface area contributed by atoms with Crippen LogP contribution in [0.15, 0.2) is 50.3 Å². The fourth-order valence-corrected chi connectivity index (χ4v) is 3.87. The first kappa shape index (κ1) is 20.6. The van der Waals surface area contributed by atoms with Gasteiger partial charge in [-0.05, 0) is 61.3 Å². The molecule has 0 spiro atoms. The van der Waals surface area contributed by atoms with Crippen LogP contribution in [0.3, 0.4) is 0 Å². The second-order valence-corrected chi connectivity index (χ2v) is 8.02. The molecule has 0 aliphatic rings. The van der Waals surface area contributed by atoms with Crippen LogP contribution in [-0.4, -0.2) is 24.7 Å². The highest BCUT2D eigenvalue weighted by atomic mass is 16.5. The van der Waals surface area contributed by atoms with Crippen LogP contribution in [0.4, 0.5) is 11.6 Å². The number of nitrogens with one attached hydrogen (secondary N) is 1. The number of fused-ring (bicyclic) bond motifs is 1. The number of hydrogen-bond acceptors (Lipinski definition) is 8. The number of benzene rings is 1. The second-order valence-electron chi connectivity index (χ2n) is 8.02. The molecular weight excluding hydrogens is 420 g/mol. The Labute approximate surface area is 189 Å². The first-order chi connectivity index (χ1) is 15.8. The van der Waals surface area contributed by atoms with Gasteiger partial charge in [-0.15, -0.1) is 0 Å². The Morgan fingerprint density at radius 1 is 1.00 bits per heavy atom. The molecule has 166 valence electrons. The molecule has 4 heterocycles. The summed E-state index contributed by atoms with van der Waals surface area (Å²) in [7, 11) is 1.78. The second kappa shape index (κ2) is 7.70. The minimum atomic E-state index is -0.0768. The predicted octanol–water partition coefficient (Wildman–Crippen LogP) is 4.62. The molecule has 0 radical (unpaired) electrons. The van der Waals surface area contributed by atoms with E-state index in [0.717, 1.165) is 33.4 Å². The number of hydrogen-bond donors (Lipinski definition) is 1.